The molecule has 0 aromatic heterocycles. The second kappa shape index (κ2) is 7.00. The van der Waals surface area contributed by atoms with Crippen LogP contribution in [-0.2, 0) is 4.79 Å². The van der Waals surface area contributed by atoms with Crippen LogP contribution in [0.25, 0.3) is 0 Å². The summed E-state index contributed by atoms with van der Waals surface area (Å²) in [6.45, 7) is 3.42. The van der Waals surface area contributed by atoms with E-state index in [9.17, 15) is 20.0 Å². The lowest BCUT2D eigenvalue weighted by Gasteiger charge is -2.18. The largest absolute Gasteiger partial charge is 0.505 e. The number of nitro groups is 1. The molecule has 1 amide bonds. The van der Waals surface area contributed by atoms with E-state index in [-0.39, 0.29) is 29.6 Å². The van der Waals surface area contributed by atoms with Gasteiger partial charge in [-0.3, -0.25) is 19.8 Å². The van der Waals surface area contributed by atoms with Gasteiger partial charge in [0.05, 0.1) is 11.5 Å². The minimum absolute atomic E-state index is 0.146. The lowest BCUT2D eigenvalue weighted by molar-refractivity contribution is -0.384. The van der Waals surface area contributed by atoms with E-state index in [0.29, 0.717) is 0 Å². The van der Waals surface area contributed by atoms with Gasteiger partial charge in [-0.2, -0.15) is 0 Å². The van der Waals surface area contributed by atoms with Crippen LogP contribution in [0.2, 0.25) is 0 Å². The summed E-state index contributed by atoms with van der Waals surface area (Å²) in [6, 6.07) is 3.91. The molecule has 0 atom stereocenters. The number of hydrogen-bond acceptors (Lipinski definition) is 6. The van der Waals surface area contributed by atoms with Crippen molar-refractivity contribution in [1.82, 2.24) is 10.2 Å². The van der Waals surface area contributed by atoms with Crippen LogP contribution in [0.1, 0.15) is 6.42 Å². The lowest BCUT2D eigenvalue weighted by Crippen LogP contribution is -2.35. The van der Waals surface area contributed by atoms with Crippen LogP contribution in [0.15, 0.2) is 18.2 Å². The van der Waals surface area contributed by atoms with Crippen molar-refractivity contribution in [2.45, 2.75) is 6.42 Å². The third kappa shape index (κ3) is 4.14. The second-order valence-corrected chi connectivity index (χ2v) is 4.86. The summed E-state index contributed by atoms with van der Waals surface area (Å²) < 4.78 is 0. The summed E-state index contributed by atoms with van der Waals surface area (Å²) in [7, 11) is 0. The van der Waals surface area contributed by atoms with Crippen molar-refractivity contribution >= 4 is 17.3 Å². The number of para-hydroxylation sites is 1. The molecular formula is C13H18N4O4. The lowest BCUT2D eigenvalue weighted by atomic mass is 10.2. The maximum absolute atomic E-state index is 12.0. The third-order valence-corrected chi connectivity index (χ3v) is 3.28. The smallest absolute Gasteiger partial charge is 0.296 e. The fraction of sp³-hybridized carbons (Fsp3) is 0.462. The zero-order chi connectivity index (χ0) is 15.2. The molecule has 2 rings (SSSR count). The van der Waals surface area contributed by atoms with Gasteiger partial charge in [0.15, 0.2) is 5.69 Å². The Labute approximate surface area is 121 Å². The van der Waals surface area contributed by atoms with Gasteiger partial charge in [0.2, 0.25) is 5.91 Å². The van der Waals surface area contributed by atoms with Crippen LogP contribution >= 0.6 is 0 Å². The molecule has 3 N–H and O–H groups in total. The number of phenols is 1. The predicted octanol–water partition coefficient (Wildman–Crippen LogP) is 0.534. The van der Waals surface area contributed by atoms with Crippen LogP contribution < -0.4 is 10.6 Å². The molecule has 1 heterocycles. The van der Waals surface area contributed by atoms with Crippen molar-refractivity contribution in [2.24, 2.45) is 0 Å². The highest BCUT2D eigenvalue weighted by atomic mass is 16.6. The maximum Gasteiger partial charge on any atom is 0.296 e. The van der Waals surface area contributed by atoms with E-state index >= 15 is 0 Å². The Kier molecular flexibility index (Phi) is 5.07. The van der Waals surface area contributed by atoms with E-state index in [1.807, 2.05) is 4.90 Å². The molecule has 114 valence electrons. The molecule has 0 radical (unpaired) electrons. The van der Waals surface area contributed by atoms with E-state index in [2.05, 4.69) is 10.6 Å². The van der Waals surface area contributed by atoms with Crippen molar-refractivity contribution in [1.29, 1.82) is 0 Å². The van der Waals surface area contributed by atoms with Crippen LogP contribution in [0.3, 0.4) is 0 Å². The van der Waals surface area contributed by atoms with Gasteiger partial charge in [-0.25, -0.2) is 0 Å². The molecule has 1 aromatic rings. The summed E-state index contributed by atoms with van der Waals surface area (Å²) >= 11 is 0. The minimum atomic E-state index is -0.634. The number of carbonyl (C=O) groups is 1. The van der Waals surface area contributed by atoms with Gasteiger partial charge < -0.3 is 15.7 Å². The first-order chi connectivity index (χ1) is 10.1. The first-order valence-corrected chi connectivity index (χ1v) is 6.77. The second-order valence-electron chi connectivity index (χ2n) is 4.86. The molecule has 8 nitrogen and oxygen atoms in total. The standard InChI is InChI=1S/C13H18N4O4/c18-11-4-1-3-10(17(20)21)13(11)15-12(19)9-16-7-2-5-14-6-8-16/h1,3-4,14,18H,2,5-9H2,(H,15,19). The van der Waals surface area contributed by atoms with Crippen LogP contribution in [0.5, 0.6) is 5.75 Å². The Balaban J connectivity index is 2.03. The molecular weight excluding hydrogens is 276 g/mol. The summed E-state index contributed by atoms with van der Waals surface area (Å²) in [5.74, 6) is -0.684. The van der Waals surface area contributed by atoms with Gasteiger partial charge >= 0.3 is 0 Å². The van der Waals surface area contributed by atoms with Gasteiger partial charge in [-0.1, -0.05) is 6.07 Å². The van der Waals surface area contributed by atoms with E-state index in [1.54, 1.807) is 0 Å². The first kappa shape index (κ1) is 15.2. The van der Waals surface area contributed by atoms with E-state index in [1.165, 1.54) is 18.2 Å². The van der Waals surface area contributed by atoms with E-state index in [4.69, 9.17) is 0 Å². The molecule has 0 bridgehead atoms. The SMILES string of the molecule is O=C(CN1CCCNCC1)Nc1c(O)cccc1[N+](=O)[O-]. The number of phenolic OH excluding ortho intramolecular Hbond substituents is 1. The van der Waals surface area contributed by atoms with E-state index < -0.39 is 4.92 Å². The van der Waals surface area contributed by atoms with Crippen molar-refractivity contribution in [3.63, 3.8) is 0 Å². The molecule has 0 saturated carbocycles. The highest BCUT2D eigenvalue weighted by molar-refractivity contribution is 5.96. The van der Waals surface area contributed by atoms with Crippen LogP contribution in [0, 0.1) is 10.1 Å². The molecule has 0 unspecified atom stereocenters. The zero-order valence-electron chi connectivity index (χ0n) is 11.5. The molecule has 1 aromatic carbocycles. The van der Waals surface area contributed by atoms with Gasteiger partial charge in [-0.05, 0) is 25.6 Å². The zero-order valence-corrected chi connectivity index (χ0v) is 11.5. The van der Waals surface area contributed by atoms with Crippen LogP contribution in [0.4, 0.5) is 11.4 Å². The number of amides is 1. The fourth-order valence-electron chi connectivity index (χ4n) is 2.25. The van der Waals surface area contributed by atoms with Crippen LogP contribution in [-0.4, -0.2) is 53.6 Å². The highest BCUT2D eigenvalue weighted by Gasteiger charge is 2.20. The van der Waals surface area contributed by atoms with Gasteiger partial charge in [0, 0.05) is 19.2 Å². The normalized spacial score (nSPS) is 16.2. The number of benzene rings is 1. The number of nitro benzene ring substituents is 1. The van der Waals surface area contributed by atoms with Crippen molar-refractivity contribution in [2.75, 3.05) is 38.0 Å². The highest BCUT2D eigenvalue weighted by Crippen LogP contribution is 2.32. The Bertz CT molecular complexity index is 527. The summed E-state index contributed by atoms with van der Waals surface area (Å²) in [6.07, 6.45) is 0.948. The molecule has 8 heteroatoms. The quantitative estimate of drug-likeness (QED) is 0.425. The number of anilines is 1. The average molecular weight is 294 g/mol. The maximum atomic E-state index is 12.0. The van der Waals surface area contributed by atoms with Gasteiger partial charge in [0.25, 0.3) is 5.69 Å². The predicted molar refractivity (Wildman–Crippen MR) is 77.3 cm³/mol. The Hall–Kier alpha value is -2.19. The van der Waals surface area contributed by atoms with Crippen molar-refractivity contribution in [3.05, 3.63) is 28.3 Å². The molecule has 0 spiro atoms. The molecule has 1 aliphatic rings. The summed E-state index contributed by atoms with van der Waals surface area (Å²) in [5, 5.41) is 26.3. The van der Waals surface area contributed by atoms with E-state index in [0.717, 1.165) is 32.6 Å². The average Bonchev–Trinajstić information content (AvgIpc) is 2.69. The Morgan fingerprint density at radius 3 is 3.00 bits per heavy atom. The monoisotopic (exact) mass is 294 g/mol. The van der Waals surface area contributed by atoms with Gasteiger partial charge in [-0.15, -0.1) is 0 Å². The van der Waals surface area contributed by atoms with Crippen molar-refractivity contribution in [3.8, 4) is 5.75 Å². The molecule has 1 saturated heterocycles. The molecule has 1 aliphatic heterocycles. The minimum Gasteiger partial charge on any atom is -0.505 e. The molecule has 0 aliphatic carbocycles. The fourth-order valence-corrected chi connectivity index (χ4v) is 2.25. The Morgan fingerprint density at radius 1 is 1.43 bits per heavy atom. The summed E-state index contributed by atoms with van der Waals surface area (Å²) in [5.41, 5.74) is -0.471. The number of nitrogens with one attached hydrogen (secondary N) is 2. The third-order valence-electron chi connectivity index (χ3n) is 3.28. The number of aromatic hydroxyl groups is 1. The topological polar surface area (TPSA) is 108 Å². The van der Waals surface area contributed by atoms with Gasteiger partial charge in [0.1, 0.15) is 5.75 Å². The number of carbonyl (C=O) groups excluding carboxylic acids is 1. The summed E-state index contributed by atoms with van der Waals surface area (Å²) in [4.78, 5) is 24.3. The molecule has 21 heavy (non-hydrogen) atoms. The Morgan fingerprint density at radius 2 is 2.24 bits per heavy atom. The van der Waals surface area contributed by atoms with Crippen molar-refractivity contribution < 1.29 is 14.8 Å². The molecule has 1 fully saturated rings. The number of hydrogen-bond donors (Lipinski definition) is 3. The first-order valence-electron chi connectivity index (χ1n) is 6.77. The number of rotatable bonds is 4. The number of nitrogens with zero attached hydrogens (tertiary/aromatic N) is 2.